The number of rotatable bonds is 3. The minimum atomic E-state index is -4.54. The van der Waals surface area contributed by atoms with E-state index < -0.39 is 30.5 Å². The van der Waals surface area contributed by atoms with E-state index in [-0.39, 0.29) is 13.1 Å². The van der Waals surface area contributed by atoms with Gasteiger partial charge in [0.1, 0.15) is 0 Å². The van der Waals surface area contributed by atoms with E-state index in [0.29, 0.717) is 11.7 Å². The number of carbonyl (C=O) groups is 1. The molecule has 0 bridgehead atoms. The Morgan fingerprint density at radius 1 is 1.54 bits per heavy atom. The van der Waals surface area contributed by atoms with E-state index in [1.54, 1.807) is 6.07 Å². The Kier molecular flexibility index (Phi) is 5.16. The van der Waals surface area contributed by atoms with Crippen LogP contribution in [0.2, 0.25) is 0 Å². The summed E-state index contributed by atoms with van der Waals surface area (Å²) in [6.07, 6.45) is -5.09. The zero-order valence-corrected chi connectivity index (χ0v) is 13.6. The van der Waals surface area contributed by atoms with Crippen molar-refractivity contribution in [2.75, 3.05) is 20.2 Å². The predicted octanol–water partition coefficient (Wildman–Crippen LogP) is 1.74. The van der Waals surface area contributed by atoms with E-state index in [1.807, 2.05) is 0 Å². The largest absolute Gasteiger partial charge is 0.481 e. The van der Waals surface area contributed by atoms with Crippen LogP contribution in [0.3, 0.4) is 0 Å². The maximum absolute atomic E-state index is 12.9. The lowest BCUT2D eigenvalue weighted by Gasteiger charge is -2.43. The molecule has 134 valence electrons. The highest BCUT2D eigenvalue weighted by Gasteiger charge is 2.49. The van der Waals surface area contributed by atoms with Gasteiger partial charge in [-0.15, -0.1) is 0 Å². The van der Waals surface area contributed by atoms with Crippen LogP contribution >= 0.6 is 0 Å². The fourth-order valence-corrected chi connectivity index (χ4v) is 2.35. The average Bonchev–Trinajstić information content (AvgIpc) is 2.50. The molecule has 7 nitrogen and oxygen atoms in total. The molecule has 1 saturated heterocycles. The number of amides is 2. The molecule has 2 heterocycles. The molecule has 1 aliphatic rings. The van der Waals surface area contributed by atoms with Gasteiger partial charge in [0.2, 0.25) is 5.88 Å². The molecule has 1 atom stereocenters. The zero-order valence-electron chi connectivity index (χ0n) is 13.6. The molecule has 1 aromatic heterocycles. The Labute approximate surface area is 137 Å². The van der Waals surface area contributed by atoms with Gasteiger partial charge in [0.05, 0.1) is 32.3 Å². The molecule has 2 amide bonds. The number of aromatic nitrogens is 2. The maximum atomic E-state index is 12.9. The summed E-state index contributed by atoms with van der Waals surface area (Å²) in [6, 6.07) is 0.913. The fourth-order valence-electron chi connectivity index (χ4n) is 2.35. The summed E-state index contributed by atoms with van der Waals surface area (Å²) < 4.78 is 48.8. The Balaban J connectivity index is 2.00. The predicted molar refractivity (Wildman–Crippen MR) is 77.4 cm³/mol. The lowest BCUT2D eigenvalue weighted by Crippen LogP contribution is -2.60. The smallest absolute Gasteiger partial charge is 0.416 e. The van der Waals surface area contributed by atoms with E-state index in [0.717, 1.165) is 4.90 Å². The van der Waals surface area contributed by atoms with Crippen LogP contribution in [0.15, 0.2) is 12.3 Å². The van der Waals surface area contributed by atoms with Gasteiger partial charge in [0.15, 0.2) is 11.9 Å². The number of morpholine rings is 1. The minimum Gasteiger partial charge on any atom is -0.481 e. The van der Waals surface area contributed by atoms with E-state index >= 15 is 0 Å². The van der Waals surface area contributed by atoms with Crippen LogP contribution in [-0.2, 0) is 11.3 Å². The highest BCUT2D eigenvalue weighted by Crippen LogP contribution is 2.31. The van der Waals surface area contributed by atoms with E-state index in [2.05, 4.69) is 15.3 Å². The normalized spacial score (nSPS) is 20.6. The first-order valence-corrected chi connectivity index (χ1v) is 7.24. The SMILES string of the molecule is COc1ccnc(CNC(=O)N2C[C@@H](C(F)(F)F)OC(C)(C)C2)n1. The number of hydrogen-bond acceptors (Lipinski definition) is 5. The molecule has 1 N–H and O–H groups in total. The van der Waals surface area contributed by atoms with Crippen LogP contribution in [-0.4, -0.2) is 59.0 Å². The number of carbonyl (C=O) groups excluding carboxylic acids is 1. The van der Waals surface area contributed by atoms with Gasteiger partial charge in [-0.05, 0) is 13.8 Å². The van der Waals surface area contributed by atoms with Gasteiger partial charge in [-0.2, -0.15) is 18.2 Å². The Bertz CT molecular complexity index is 595. The molecule has 1 aromatic rings. The van der Waals surface area contributed by atoms with Crippen LogP contribution in [0.5, 0.6) is 5.88 Å². The van der Waals surface area contributed by atoms with Gasteiger partial charge in [0, 0.05) is 12.3 Å². The number of hydrogen-bond donors (Lipinski definition) is 1. The molecular weight excluding hydrogens is 329 g/mol. The number of halogens is 3. The molecule has 0 aliphatic carbocycles. The van der Waals surface area contributed by atoms with Crippen LogP contribution in [0, 0.1) is 0 Å². The summed E-state index contributed by atoms with van der Waals surface area (Å²) in [5.74, 6) is 0.626. The zero-order chi connectivity index (χ0) is 18.0. The molecule has 1 fully saturated rings. The molecular formula is C14H19F3N4O3. The van der Waals surface area contributed by atoms with Crippen molar-refractivity contribution >= 4 is 6.03 Å². The first-order chi connectivity index (χ1) is 11.1. The number of urea groups is 1. The highest BCUT2D eigenvalue weighted by atomic mass is 19.4. The third-order valence-corrected chi connectivity index (χ3v) is 3.36. The van der Waals surface area contributed by atoms with Gasteiger partial charge < -0.3 is 19.7 Å². The van der Waals surface area contributed by atoms with Crippen molar-refractivity contribution in [3.63, 3.8) is 0 Å². The van der Waals surface area contributed by atoms with Gasteiger partial charge in [0.25, 0.3) is 0 Å². The molecule has 0 saturated carbocycles. The second-order valence-corrected chi connectivity index (χ2v) is 5.96. The van der Waals surface area contributed by atoms with Crippen molar-refractivity contribution in [3.8, 4) is 5.88 Å². The molecule has 1 aliphatic heterocycles. The van der Waals surface area contributed by atoms with Crippen LogP contribution < -0.4 is 10.1 Å². The van der Waals surface area contributed by atoms with Crippen molar-refractivity contribution in [2.45, 2.75) is 38.3 Å². The van der Waals surface area contributed by atoms with E-state index in [4.69, 9.17) is 9.47 Å². The summed E-state index contributed by atoms with van der Waals surface area (Å²) in [5, 5.41) is 2.51. The molecule has 2 rings (SSSR count). The number of nitrogens with one attached hydrogen (secondary N) is 1. The second-order valence-electron chi connectivity index (χ2n) is 5.96. The van der Waals surface area contributed by atoms with Crippen molar-refractivity contribution < 1.29 is 27.4 Å². The lowest BCUT2D eigenvalue weighted by atomic mass is 10.1. The molecule has 0 aromatic carbocycles. The third kappa shape index (κ3) is 4.70. The van der Waals surface area contributed by atoms with E-state index in [1.165, 1.54) is 27.2 Å². The quantitative estimate of drug-likeness (QED) is 0.900. The Morgan fingerprint density at radius 3 is 2.88 bits per heavy atom. The topological polar surface area (TPSA) is 76.6 Å². The summed E-state index contributed by atoms with van der Waals surface area (Å²) in [6.45, 7) is 2.49. The number of alkyl halides is 3. The monoisotopic (exact) mass is 348 g/mol. The fraction of sp³-hybridized carbons (Fsp3) is 0.643. The summed E-state index contributed by atoms with van der Waals surface area (Å²) >= 11 is 0. The highest BCUT2D eigenvalue weighted by molar-refractivity contribution is 5.74. The maximum Gasteiger partial charge on any atom is 0.416 e. The molecule has 0 spiro atoms. The molecule has 10 heteroatoms. The van der Waals surface area contributed by atoms with Gasteiger partial charge in [-0.25, -0.2) is 9.78 Å². The Morgan fingerprint density at radius 2 is 2.25 bits per heavy atom. The third-order valence-electron chi connectivity index (χ3n) is 3.36. The summed E-state index contributed by atoms with van der Waals surface area (Å²) in [4.78, 5) is 21.3. The van der Waals surface area contributed by atoms with Crippen molar-refractivity contribution in [3.05, 3.63) is 18.1 Å². The first kappa shape index (κ1) is 18.2. The minimum absolute atomic E-state index is 0.0233. The average molecular weight is 348 g/mol. The van der Waals surface area contributed by atoms with Crippen LogP contribution in [0.25, 0.3) is 0 Å². The van der Waals surface area contributed by atoms with Gasteiger partial charge >= 0.3 is 12.2 Å². The van der Waals surface area contributed by atoms with Gasteiger partial charge in [-0.3, -0.25) is 0 Å². The Hall–Kier alpha value is -2.10. The van der Waals surface area contributed by atoms with Crippen molar-refractivity contribution in [2.24, 2.45) is 0 Å². The lowest BCUT2D eigenvalue weighted by molar-refractivity contribution is -0.267. The van der Waals surface area contributed by atoms with Crippen LogP contribution in [0.4, 0.5) is 18.0 Å². The molecule has 0 unspecified atom stereocenters. The van der Waals surface area contributed by atoms with Crippen molar-refractivity contribution in [1.82, 2.24) is 20.2 Å². The second kappa shape index (κ2) is 6.80. The summed E-state index contributed by atoms with van der Waals surface area (Å²) in [5.41, 5.74) is -1.09. The first-order valence-electron chi connectivity index (χ1n) is 7.24. The molecule has 24 heavy (non-hydrogen) atoms. The number of nitrogens with zero attached hydrogens (tertiary/aromatic N) is 3. The standard InChI is InChI=1S/C14H19F3N4O3/c1-13(2)8-21(7-9(24-13)14(15,16)17)12(22)19-6-10-18-5-4-11(20-10)23-3/h4-5,9H,6-8H2,1-3H3,(H,19,22)/t9-/m0/s1. The summed E-state index contributed by atoms with van der Waals surface area (Å²) in [7, 11) is 1.44. The van der Waals surface area contributed by atoms with E-state index in [9.17, 15) is 18.0 Å². The number of ether oxygens (including phenoxy) is 2. The molecule has 0 radical (unpaired) electrons. The van der Waals surface area contributed by atoms with Gasteiger partial charge in [-0.1, -0.05) is 0 Å². The number of methoxy groups -OCH3 is 1. The van der Waals surface area contributed by atoms with Crippen LogP contribution in [0.1, 0.15) is 19.7 Å². The van der Waals surface area contributed by atoms with Crippen molar-refractivity contribution in [1.29, 1.82) is 0 Å².